The van der Waals surface area contributed by atoms with Crippen molar-refractivity contribution < 1.29 is 37.3 Å². The number of urea groups is 1. The molecule has 39 heavy (non-hydrogen) atoms. The highest BCUT2D eigenvalue weighted by Crippen LogP contribution is 2.47. The molecule has 1 fully saturated rings. The Hall–Kier alpha value is -4.09. The molecule has 1 saturated heterocycles. The van der Waals surface area contributed by atoms with Crippen molar-refractivity contribution in [3.63, 3.8) is 0 Å². The van der Waals surface area contributed by atoms with Crippen LogP contribution in [0.1, 0.15) is 29.9 Å². The highest BCUT2D eigenvalue weighted by Gasteiger charge is 2.46. The number of hydrogen-bond donors (Lipinski definition) is 4. The molecule has 0 saturated carbocycles. The van der Waals surface area contributed by atoms with Crippen LogP contribution in [0.3, 0.4) is 0 Å². The van der Waals surface area contributed by atoms with E-state index >= 15 is 0 Å². The Kier molecular flexibility index (Phi) is 7.71. The molecule has 2 heterocycles. The summed E-state index contributed by atoms with van der Waals surface area (Å²) in [5, 5.41) is 17.7. The van der Waals surface area contributed by atoms with Crippen LogP contribution >= 0.6 is 0 Å². The van der Waals surface area contributed by atoms with Crippen LogP contribution in [-0.4, -0.2) is 42.0 Å². The van der Waals surface area contributed by atoms with Crippen LogP contribution in [-0.2, 0) is 16.1 Å². The third-order valence-electron chi connectivity index (χ3n) is 6.78. The summed E-state index contributed by atoms with van der Waals surface area (Å²) in [6.45, 7) is -0.515. The van der Waals surface area contributed by atoms with Crippen molar-refractivity contribution in [3.8, 4) is 5.75 Å². The van der Waals surface area contributed by atoms with Gasteiger partial charge in [0.05, 0.1) is 24.8 Å². The summed E-state index contributed by atoms with van der Waals surface area (Å²) in [5.74, 6) is -1.88. The monoisotopic (exact) mass is 541 g/mol. The van der Waals surface area contributed by atoms with Gasteiger partial charge in [0.25, 0.3) is 0 Å². The van der Waals surface area contributed by atoms with Gasteiger partial charge in [-0.2, -0.15) is 0 Å². The third kappa shape index (κ3) is 5.99. The van der Waals surface area contributed by atoms with Crippen molar-refractivity contribution in [2.45, 2.75) is 43.6 Å². The molecule has 204 valence electrons. The topological polar surface area (TPSA) is 109 Å². The minimum absolute atomic E-state index is 0.0263. The maximum atomic E-state index is 13.9. The lowest BCUT2D eigenvalue weighted by molar-refractivity contribution is -0.142. The zero-order valence-corrected chi connectivity index (χ0v) is 20.6. The van der Waals surface area contributed by atoms with E-state index in [4.69, 9.17) is 9.47 Å². The summed E-state index contributed by atoms with van der Waals surface area (Å²) in [7, 11) is 0. The molecule has 2 aliphatic heterocycles. The molecule has 2 aliphatic rings. The number of anilines is 2. The van der Waals surface area contributed by atoms with Gasteiger partial charge in [-0.3, -0.25) is 4.79 Å². The molecule has 0 spiro atoms. The average molecular weight is 542 g/mol. The fraction of sp³-hybridized carbons (Fsp3) is 0.286. The molecule has 3 amide bonds. The van der Waals surface area contributed by atoms with E-state index in [2.05, 4.69) is 16.0 Å². The Balaban J connectivity index is 1.24. The van der Waals surface area contributed by atoms with Crippen LogP contribution in [0.4, 0.5) is 29.3 Å². The van der Waals surface area contributed by atoms with Crippen molar-refractivity contribution in [3.05, 3.63) is 89.2 Å². The zero-order valence-electron chi connectivity index (χ0n) is 20.6. The number of aliphatic hydroxyl groups is 1. The van der Waals surface area contributed by atoms with E-state index in [1.807, 2.05) is 0 Å². The first-order chi connectivity index (χ1) is 18.8. The number of para-hydroxylation sites is 1. The first-order valence-corrected chi connectivity index (χ1v) is 12.4. The lowest BCUT2D eigenvalue weighted by atomic mass is 9.84. The molecular formula is C28H26F3N3O5. The Morgan fingerprint density at radius 1 is 0.974 bits per heavy atom. The van der Waals surface area contributed by atoms with Crippen LogP contribution < -0.4 is 20.7 Å². The summed E-state index contributed by atoms with van der Waals surface area (Å²) in [6, 6.07) is 13.3. The Morgan fingerprint density at radius 3 is 2.59 bits per heavy atom. The van der Waals surface area contributed by atoms with Crippen LogP contribution in [0.25, 0.3) is 0 Å². The van der Waals surface area contributed by atoms with E-state index in [-0.39, 0.29) is 36.7 Å². The van der Waals surface area contributed by atoms with E-state index in [0.29, 0.717) is 17.9 Å². The molecule has 3 aromatic rings. The predicted molar refractivity (Wildman–Crippen MR) is 136 cm³/mol. The molecule has 0 aliphatic carbocycles. The average Bonchev–Trinajstić information content (AvgIpc) is 3.28. The lowest BCUT2D eigenvalue weighted by Crippen LogP contribution is -2.47. The van der Waals surface area contributed by atoms with Gasteiger partial charge in [-0.1, -0.05) is 12.1 Å². The molecule has 3 aromatic carbocycles. The number of rotatable bonds is 7. The van der Waals surface area contributed by atoms with E-state index in [1.54, 1.807) is 24.3 Å². The molecule has 0 aromatic heterocycles. The lowest BCUT2D eigenvalue weighted by Gasteiger charge is -2.37. The van der Waals surface area contributed by atoms with E-state index in [9.17, 15) is 27.9 Å². The van der Waals surface area contributed by atoms with Gasteiger partial charge in [-0.25, -0.2) is 18.0 Å². The number of hydrogen-bond acceptors (Lipinski definition) is 5. The summed E-state index contributed by atoms with van der Waals surface area (Å²) >= 11 is 0. The minimum Gasteiger partial charge on any atom is -0.487 e. The molecular weight excluding hydrogens is 515 g/mol. The number of ether oxygens (including phenoxy) is 2. The summed E-state index contributed by atoms with van der Waals surface area (Å²) in [4.78, 5) is 25.0. The fourth-order valence-electron chi connectivity index (χ4n) is 4.97. The molecule has 0 unspecified atom stereocenters. The Labute approximate surface area is 222 Å². The predicted octanol–water partition coefficient (Wildman–Crippen LogP) is 4.45. The normalized spacial score (nSPS) is 21.3. The van der Waals surface area contributed by atoms with Crippen LogP contribution in [0, 0.1) is 17.5 Å². The Bertz CT molecular complexity index is 1390. The number of aliphatic hydroxyl groups excluding tert-OH is 1. The number of halogens is 3. The highest BCUT2D eigenvalue weighted by atomic mass is 19.1. The van der Waals surface area contributed by atoms with Gasteiger partial charge in [0.15, 0.2) is 0 Å². The smallest absolute Gasteiger partial charge is 0.323 e. The van der Waals surface area contributed by atoms with Gasteiger partial charge >= 0.3 is 6.03 Å². The van der Waals surface area contributed by atoms with Crippen molar-refractivity contribution >= 4 is 23.3 Å². The first-order valence-electron chi connectivity index (χ1n) is 12.4. The minimum atomic E-state index is -0.699. The van der Waals surface area contributed by atoms with Crippen LogP contribution in [0.5, 0.6) is 5.75 Å². The van der Waals surface area contributed by atoms with Gasteiger partial charge in [0.1, 0.15) is 35.4 Å². The van der Waals surface area contributed by atoms with Gasteiger partial charge in [-0.05, 0) is 55.0 Å². The van der Waals surface area contributed by atoms with Crippen molar-refractivity contribution in [1.82, 2.24) is 5.32 Å². The molecule has 4 N–H and O–H groups in total. The van der Waals surface area contributed by atoms with Gasteiger partial charge in [0, 0.05) is 29.3 Å². The molecule has 0 bridgehead atoms. The molecule has 11 heteroatoms. The molecule has 8 nitrogen and oxygen atoms in total. The van der Waals surface area contributed by atoms with Crippen molar-refractivity contribution in [2.75, 3.05) is 17.2 Å². The molecule has 5 rings (SSSR count). The SMILES string of the molecule is O=C(C[C@H]1C[C@@H]2c3cc(NC(=O)Nc4ccccc4F)ccc3O[C@@H]2[C@H](CO)O1)NCc1cc(F)ccc1F. The zero-order chi connectivity index (χ0) is 27.5. The maximum absolute atomic E-state index is 13.9. The van der Waals surface area contributed by atoms with Crippen LogP contribution in [0.15, 0.2) is 60.7 Å². The second-order valence-corrected chi connectivity index (χ2v) is 9.43. The van der Waals surface area contributed by atoms with Gasteiger partial charge < -0.3 is 30.5 Å². The van der Waals surface area contributed by atoms with E-state index in [0.717, 1.165) is 23.8 Å². The van der Waals surface area contributed by atoms with E-state index in [1.165, 1.54) is 18.2 Å². The number of amides is 3. The quantitative estimate of drug-likeness (QED) is 0.354. The van der Waals surface area contributed by atoms with Crippen LogP contribution in [0.2, 0.25) is 0 Å². The Morgan fingerprint density at radius 2 is 1.79 bits per heavy atom. The summed E-state index contributed by atoms with van der Waals surface area (Å²) in [6.07, 6.45) is -1.43. The third-order valence-corrected chi connectivity index (χ3v) is 6.78. The van der Waals surface area contributed by atoms with E-state index < -0.39 is 47.7 Å². The number of carbonyl (C=O) groups excluding carboxylic acids is 2. The first kappa shape index (κ1) is 26.5. The number of carbonyl (C=O) groups is 2. The standard InChI is InChI=1S/C28H26F3N3O5/c29-16-5-7-21(30)15(9-16)13-32-26(36)12-18-11-20-19-10-17(6-8-24(19)39-27(20)25(14-35)38-18)33-28(37)34-23-4-2-1-3-22(23)31/h1-10,18,20,25,27,35H,11-14H2,(H,32,36)(H2,33,34,37)/t18-,20-,25+,27+/m1/s1. The van der Waals surface area contributed by atoms with Gasteiger partial charge in [0.2, 0.25) is 5.91 Å². The second-order valence-electron chi connectivity index (χ2n) is 9.43. The summed E-state index contributed by atoms with van der Waals surface area (Å²) < 4.78 is 53.1. The maximum Gasteiger partial charge on any atom is 0.323 e. The largest absolute Gasteiger partial charge is 0.487 e. The molecule has 4 atom stereocenters. The second kappa shape index (κ2) is 11.3. The van der Waals surface area contributed by atoms with Crippen molar-refractivity contribution in [1.29, 1.82) is 0 Å². The fourth-order valence-corrected chi connectivity index (χ4v) is 4.97. The number of benzene rings is 3. The van der Waals surface area contributed by atoms with Crippen molar-refractivity contribution in [2.24, 2.45) is 0 Å². The summed E-state index contributed by atoms with van der Waals surface area (Å²) in [5.41, 5.74) is 1.29. The highest BCUT2D eigenvalue weighted by molar-refractivity contribution is 6.00. The van der Waals surface area contributed by atoms with Gasteiger partial charge in [-0.15, -0.1) is 0 Å². The molecule has 0 radical (unpaired) electrons. The number of nitrogens with one attached hydrogen (secondary N) is 3. The number of fused-ring (bicyclic) bond motifs is 3.